The first kappa shape index (κ1) is 16.9. The van der Waals surface area contributed by atoms with Crippen molar-refractivity contribution in [3.63, 3.8) is 0 Å². The number of Topliss-reactive ketones (excluding diaryl/α,β-unsaturated/α-hetero) is 1. The molecule has 0 bridgehead atoms. The maximum absolute atomic E-state index is 12.1. The van der Waals surface area contributed by atoms with Crippen molar-refractivity contribution >= 4 is 11.5 Å². The van der Waals surface area contributed by atoms with Crippen LogP contribution in [0.5, 0.6) is 11.5 Å². The summed E-state index contributed by atoms with van der Waals surface area (Å²) in [5.74, 6) is 1.76. The molecule has 4 heteroatoms. The van der Waals surface area contributed by atoms with Gasteiger partial charge in [-0.05, 0) is 62.4 Å². The Morgan fingerprint density at radius 1 is 0.870 bits per heavy atom. The van der Waals surface area contributed by atoms with E-state index in [1.807, 2.05) is 62.4 Å². The number of hydrogen-bond donors (Lipinski definition) is 1. The predicted octanol–water partition coefficient (Wildman–Crippen LogP) is 4.17. The molecule has 2 aromatic rings. The maximum atomic E-state index is 12.1. The zero-order valence-electron chi connectivity index (χ0n) is 13.7. The van der Waals surface area contributed by atoms with E-state index >= 15 is 0 Å². The third-order valence-corrected chi connectivity index (χ3v) is 3.33. The molecule has 0 aromatic heterocycles. The maximum Gasteiger partial charge on any atom is 0.164 e. The summed E-state index contributed by atoms with van der Waals surface area (Å²) >= 11 is 0. The summed E-state index contributed by atoms with van der Waals surface area (Å²) in [6.45, 7) is 5.77. The molecule has 0 aliphatic heterocycles. The number of ether oxygens (including phenoxy) is 2. The van der Waals surface area contributed by atoms with Gasteiger partial charge >= 0.3 is 0 Å². The SMILES string of the molecule is CCOc1ccc(NCCC(=O)c2ccc(OCC)cc2)cc1. The number of rotatable bonds is 9. The molecule has 0 aliphatic rings. The van der Waals surface area contributed by atoms with Crippen LogP contribution in [0.2, 0.25) is 0 Å². The molecule has 0 unspecified atom stereocenters. The van der Waals surface area contributed by atoms with Crippen molar-refractivity contribution in [2.75, 3.05) is 25.1 Å². The van der Waals surface area contributed by atoms with Crippen molar-refractivity contribution in [2.45, 2.75) is 20.3 Å². The van der Waals surface area contributed by atoms with Gasteiger partial charge in [0.05, 0.1) is 13.2 Å². The van der Waals surface area contributed by atoms with E-state index in [1.54, 1.807) is 0 Å². The van der Waals surface area contributed by atoms with Crippen LogP contribution in [-0.4, -0.2) is 25.5 Å². The molecule has 0 saturated carbocycles. The number of carbonyl (C=O) groups is 1. The van der Waals surface area contributed by atoms with Gasteiger partial charge in [-0.3, -0.25) is 4.79 Å². The van der Waals surface area contributed by atoms with E-state index in [0.29, 0.717) is 31.7 Å². The minimum Gasteiger partial charge on any atom is -0.494 e. The largest absolute Gasteiger partial charge is 0.494 e. The van der Waals surface area contributed by atoms with E-state index in [9.17, 15) is 4.79 Å². The molecule has 0 heterocycles. The summed E-state index contributed by atoms with van der Waals surface area (Å²) in [7, 11) is 0. The number of anilines is 1. The smallest absolute Gasteiger partial charge is 0.164 e. The van der Waals surface area contributed by atoms with Gasteiger partial charge in [-0.2, -0.15) is 0 Å². The standard InChI is InChI=1S/C19H23NO3/c1-3-22-17-9-5-15(6-10-17)19(21)13-14-20-16-7-11-18(12-8-16)23-4-2/h5-12,20H,3-4,13-14H2,1-2H3. The summed E-state index contributed by atoms with van der Waals surface area (Å²) in [5.41, 5.74) is 1.69. The van der Waals surface area contributed by atoms with Gasteiger partial charge in [-0.25, -0.2) is 0 Å². The Morgan fingerprint density at radius 3 is 1.91 bits per heavy atom. The van der Waals surface area contributed by atoms with Gasteiger partial charge in [0.1, 0.15) is 11.5 Å². The predicted molar refractivity (Wildman–Crippen MR) is 92.7 cm³/mol. The van der Waals surface area contributed by atoms with E-state index in [0.717, 1.165) is 17.2 Å². The van der Waals surface area contributed by atoms with E-state index in [2.05, 4.69) is 5.32 Å². The van der Waals surface area contributed by atoms with Gasteiger partial charge < -0.3 is 14.8 Å². The molecule has 0 aliphatic carbocycles. The zero-order chi connectivity index (χ0) is 16.5. The number of carbonyl (C=O) groups excluding carboxylic acids is 1. The third kappa shape index (κ3) is 5.33. The van der Waals surface area contributed by atoms with Crippen molar-refractivity contribution in [1.29, 1.82) is 0 Å². The van der Waals surface area contributed by atoms with E-state index in [-0.39, 0.29) is 5.78 Å². The highest BCUT2D eigenvalue weighted by Crippen LogP contribution is 2.16. The molecule has 23 heavy (non-hydrogen) atoms. The lowest BCUT2D eigenvalue weighted by molar-refractivity contribution is 0.0986. The number of benzene rings is 2. The monoisotopic (exact) mass is 313 g/mol. The van der Waals surface area contributed by atoms with Gasteiger partial charge in [-0.1, -0.05) is 0 Å². The number of nitrogens with one attached hydrogen (secondary N) is 1. The highest BCUT2D eigenvalue weighted by Gasteiger charge is 2.06. The fraction of sp³-hybridized carbons (Fsp3) is 0.316. The molecule has 0 spiro atoms. The van der Waals surface area contributed by atoms with Crippen molar-refractivity contribution < 1.29 is 14.3 Å². The van der Waals surface area contributed by atoms with E-state index < -0.39 is 0 Å². The van der Waals surface area contributed by atoms with Crippen LogP contribution in [0.3, 0.4) is 0 Å². The lowest BCUT2D eigenvalue weighted by Gasteiger charge is -2.08. The lowest BCUT2D eigenvalue weighted by atomic mass is 10.1. The molecular formula is C19H23NO3. The lowest BCUT2D eigenvalue weighted by Crippen LogP contribution is -2.09. The fourth-order valence-corrected chi connectivity index (χ4v) is 2.20. The number of ketones is 1. The zero-order valence-corrected chi connectivity index (χ0v) is 13.7. The highest BCUT2D eigenvalue weighted by molar-refractivity contribution is 5.96. The van der Waals surface area contributed by atoms with Gasteiger partial charge in [0.2, 0.25) is 0 Å². The van der Waals surface area contributed by atoms with Crippen LogP contribution >= 0.6 is 0 Å². The molecule has 4 nitrogen and oxygen atoms in total. The Labute approximate surface area is 137 Å². The van der Waals surface area contributed by atoms with Crippen LogP contribution in [0.25, 0.3) is 0 Å². The fourth-order valence-electron chi connectivity index (χ4n) is 2.20. The van der Waals surface area contributed by atoms with Gasteiger partial charge in [-0.15, -0.1) is 0 Å². The molecule has 0 amide bonds. The van der Waals surface area contributed by atoms with Crippen LogP contribution in [-0.2, 0) is 0 Å². The van der Waals surface area contributed by atoms with Crippen LogP contribution in [0.1, 0.15) is 30.6 Å². The minimum absolute atomic E-state index is 0.117. The summed E-state index contributed by atoms with van der Waals surface area (Å²) in [6.07, 6.45) is 0.446. The Balaban J connectivity index is 1.79. The Kier molecular flexibility index (Phi) is 6.48. The normalized spacial score (nSPS) is 10.2. The van der Waals surface area contributed by atoms with Gasteiger partial charge in [0.25, 0.3) is 0 Å². The molecule has 122 valence electrons. The van der Waals surface area contributed by atoms with Gasteiger partial charge in [0.15, 0.2) is 5.78 Å². The summed E-state index contributed by atoms with van der Waals surface area (Å²) in [5, 5.41) is 3.25. The minimum atomic E-state index is 0.117. The Bertz CT molecular complexity index is 606. The molecular weight excluding hydrogens is 290 g/mol. The van der Waals surface area contributed by atoms with Crippen LogP contribution in [0.4, 0.5) is 5.69 Å². The van der Waals surface area contributed by atoms with Crippen molar-refractivity contribution in [1.82, 2.24) is 0 Å². The summed E-state index contributed by atoms with van der Waals surface area (Å²) in [6, 6.07) is 15.0. The van der Waals surface area contributed by atoms with Crippen molar-refractivity contribution in [3.05, 3.63) is 54.1 Å². The van der Waals surface area contributed by atoms with Crippen molar-refractivity contribution in [3.8, 4) is 11.5 Å². The number of hydrogen-bond acceptors (Lipinski definition) is 4. The first-order chi connectivity index (χ1) is 11.2. The first-order valence-electron chi connectivity index (χ1n) is 7.95. The molecule has 2 aromatic carbocycles. The molecule has 0 radical (unpaired) electrons. The summed E-state index contributed by atoms with van der Waals surface area (Å²) in [4.78, 5) is 12.1. The van der Waals surface area contributed by atoms with Crippen LogP contribution in [0.15, 0.2) is 48.5 Å². The van der Waals surface area contributed by atoms with E-state index in [1.165, 1.54) is 0 Å². The second-order valence-corrected chi connectivity index (χ2v) is 5.01. The van der Waals surface area contributed by atoms with Gasteiger partial charge in [0, 0.05) is 24.2 Å². The van der Waals surface area contributed by atoms with E-state index in [4.69, 9.17) is 9.47 Å². The van der Waals surface area contributed by atoms with Crippen LogP contribution < -0.4 is 14.8 Å². The average molecular weight is 313 g/mol. The average Bonchev–Trinajstić information content (AvgIpc) is 2.57. The third-order valence-electron chi connectivity index (χ3n) is 3.33. The molecule has 0 atom stereocenters. The second-order valence-electron chi connectivity index (χ2n) is 5.01. The van der Waals surface area contributed by atoms with Crippen LogP contribution in [0, 0.1) is 0 Å². The quantitative estimate of drug-likeness (QED) is 0.706. The molecule has 0 saturated heterocycles. The molecule has 0 fully saturated rings. The Hall–Kier alpha value is -2.49. The topological polar surface area (TPSA) is 47.6 Å². The molecule has 2 rings (SSSR count). The highest BCUT2D eigenvalue weighted by atomic mass is 16.5. The molecule has 1 N–H and O–H groups in total. The second kappa shape index (κ2) is 8.83. The first-order valence-corrected chi connectivity index (χ1v) is 7.95. The summed E-state index contributed by atoms with van der Waals surface area (Å²) < 4.78 is 10.8. The van der Waals surface area contributed by atoms with Crippen molar-refractivity contribution in [2.24, 2.45) is 0 Å². The Morgan fingerprint density at radius 2 is 1.39 bits per heavy atom.